The zero-order valence-electron chi connectivity index (χ0n) is 18.5. The second kappa shape index (κ2) is 13.4. The van der Waals surface area contributed by atoms with Crippen LogP contribution in [0.3, 0.4) is 0 Å². The Kier molecular flexibility index (Phi) is 10.9. The molecule has 0 bridgehead atoms. The maximum atomic E-state index is 12.3. The van der Waals surface area contributed by atoms with Gasteiger partial charge in [0.15, 0.2) is 5.96 Å². The first kappa shape index (κ1) is 26.1. The summed E-state index contributed by atoms with van der Waals surface area (Å²) in [5.74, 6) is 1.58. The number of nitrogens with zero attached hydrogens (tertiary/aromatic N) is 3. The predicted molar refractivity (Wildman–Crippen MR) is 142 cm³/mol. The van der Waals surface area contributed by atoms with Gasteiger partial charge in [-0.2, -0.15) is 0 Å². The van der Waals surface area contributed by atoms with Crippen molar-refractivity contribution in [3.63, 3.8) is 0 Å². The second-order valence-corrected chi connectivity index (χ2v) is 7.52. The molecule has 0 atom stereocenters. The van der Waals surface area contributed by atoms with E-state index in [1.165, 1.54) is 0 Å². The topological polar surface area (TPSA) is 69.2 Å². The van der Waals surface area contributed by atoms with Crippen molar-refractivity contribution in [2.45, 2.75) is 6.92 Å². The van der Waals surface area contributed by atoms with E-state index >= 15 is 0 Å². The standard InChI is InChI=1S/C23H30ClN5O2.HI/c1-3-25-23(27-13-12-26-22(30)18-8-4-5-9-19(18)24)29-16-14-28(15-17-29)20-10-6-7-11-21(20)31-2;/h4-11H,3,12-17H2,1-2H3,(H,25,27)(H,26,30);1H. The number of hydrogen-bond donors (Lipinski definition) is 2. The monoisotopic (exact) mass is 571 g/mol. The van der Waals surface area contributed by atoms with Crippen molar-refractivity contribution in [3.8, 4) is 5.75 Å². The molecule has 1 fully saturated rings. The molecule has 3 rings (SSSR count). The van der Waals surface area contributed by atoms with Gasteiger partial charge in [0, 0.05) is 39.3 Å². The van der Waals surface area contributed by atoms with Crippen LogP contribution in [-0.2, 0) is 0 Å². The van der Waals surface area contributed by atoms with E-state index in [2.05, 4.69) is 33.4 Å². The summed E-state index contributed by atoms with van der Waals surface area (Å²) in [5, 5.41) is 6.69. The molecule has 7 nitrogen and oxygen atoms in total. The van der Waals surface area contributed by atoms with Crippen molar-refractivity contribution < 1.29 is 9.53 Å². The van der Waals surface area contributed by atoms with Crippen molar-refractivity contribution in [1.82, 2.24) is 15.5 Å². The maximum absolute atomic E-state index is 12.3. The van der Waals surface area contributed by atoms with Crippen LogP contribution in [0.25, 0.3) is 0 Å². The van der Waals surface area contributed by atoms with Gasteiger partial charge in [0.05, 0.1) is 29.9 Å². The molecule has 0 aliphatic carbocycles. The number of hydrogen-bond acceptors (Lipinski definition) is 4. The lowest BCUT2D eigenvalue weighted by Gasteiger charge is -2.38. The minimum atomic E-state index is -0.184. The Labute approximate surface area is 212 Å². The van der Waals surface area contributed by atoms with Gasteiger partial charge in [0.1, 0.15) is 5.75 Å². The Bertz CT molecular complexity index is 903. The number of piperazine rings is 1. The molecule has 0 aromatic heterocycles. The first-order valence-corrected chi connectivity index (χ1v) is 11.0. The summed E-state index contributed by atoms with van der Waals surface area (Å²) in [6.07, 6.45) is 0. The molecule has 32 heavy (non-hydrogen) atoms. The fraction of sp³-hybridized carbons (Fsp3) is 0.391. The van der Waals surface area contributed by atoms with Crippen molar-refractivity contribution in [1.29, 1.82) is 0 Å². The highest BCUT2D eigenvalue weighted by molar-refractivity contribution is 14.0. The number of ether oxygens (including phenoxy) is 1. The van der Waals surface area contributed by atoms with E-state index < -0.39 is 0 Å². The van der Waals surface area contributed by atoms with E-state index in [9.17, 15) is 4.79 Å². The van der Waals surface area contributed by atoms with Crippen LogP contribution in [0.2, 0.25) is 5.02 Å². The van der Waals surface area contributed by atoms with Gasteiger partial charge in [-0.3, -0.25) is 9.79 Å². The third kappa shape index (κ3) is 6.90. The highest BCUT2D eigenvalue weighted by atomic mass is 127. The molecule has 1 aliphatic heterocycles. The predicted octanol–water partition coefficient (Wildman–Crippen LogP) is 3.48. The lowest BCUT2D eigenvalue weighted by atomic mass is 10.2. The number of carbonyl (C=O) groups is 1. The summed E-state index contributed by atoms with van der Waals surface area (Å²) in [7, 11) is 1.70. The minimum absolute atomic E-state index is 0. The smallest absolute Gasteiger partial charge is 0.252 e. The molecule has 0 unspecified atom stereocenters. The first-order chi connectivity index (χ1) is 15.1. The Hall–Kier alpha value is -2.20. The number of guanidine groups is 1. The van der Waals surface area contributed by atoms with Crippen molar-refractivity contribution >= 4 is 53.1 Å². The van der Waals surface area contributed by atoms with Crippen LogP contribution in [0.5, 0.6) is 5.75 Å². The van der Waals surface area contributed by atoms with Gasteiger partial charge >= 0.3 is 0 Å². The van der Waals surface area contributed by atoms with E-state index in [1.807, 2.05) is 18.2 Å². The molecule has 1 aliphatic rings. The Balaban J connectivity index is 0.00000363. The number of anilines is 1. The number of aliphatic imine (C=N–C) groups is 1. The van der Waals surface area contributed by atoms with Gasteiger partial charge in [-0.25, -0.2) is 0 Å². The minimum Gasteiger partial charge on any atom is -0.495 e. The Morgan fingerprint density at radius 1 is 1.06 bits per heavy atom. The van der Waals surface area contributed by atoms with Crippen LogP contribution >= 0.6 is 35.6 Å². The highest BCUT2D eigenvalue weighted by Crippen LogP contribution is 2.28. The number of methoxy groups -OCH3 is 1. The van der Waals surface area contributed by atoms with Crippen molar-refractivity contribution in [2.24, 2.45) is 4.99 Å². The van der Waals surface area contributed by atoms with Crippen LogP contribution in [0.4, 0.5) is 5.69 Å². The maximum Gasteiger partial charge on any atom is 0.252 e. The number of carbonyl (C=O) groups excluding carboxylic acids is 1. The zero-order chi connectivity index (χ0) is 22.1. The molecule has 174 valence electrons. The number of rotatable bonds is 7. The molecule has 1 heterocycles. The molecule has 1 saturated heterocycles. The molecule has 0 radical (unpaired) electrons. The lowest BCUT2D eigenvalue weighted by molar-refractivity contribution is 0.0955. The fourth-order valence-corrected chi connectivity index (χ4v) is 3.77. The van der Waals surface area contributed by atoms with E-state index in [1.54, 1.807) is 31.4 Å². The van der Waals surface area contributed by atoms with Gasteiger partial charge in [0.2, 0.25) is 0 Å². The van der Waals surface area contributed by atoms with Crippen LogP contribution in [-0.4, -0.2) is 69.7 Å². The molecule has 0 spiro atoms. The zero-order valence-corrected chi connectivity index (χ0v) is 21.6. The van der Waals surface area contributed by atoms with Gasteiger partial charge in [-0.1, -0.05) is 35.9 Å². The molecule has 1 amide bonds. The van der Waals surface area contributed by atoms with Crippen molar-refractivity contribution in [3.05, 3.63) is 59.1 Å². The summed E-state index contributed by atoms with van der Waals surface area (Å²) < 4.78 is 5.50. The van der Waals surface area contributed by atoms with E-state index in [0.29, 0.717) is 23.7 Å². The molecule has 2 aromatic carbocycles. The van der Waals surface area contributed by atoms with Crippen LogP contribution in [0.1, 0.15) is 17.3 Å². The largest absolute Gasteiger partial charge is 0.495 e. The second-order valence-electron chi connectivity index (χ2n) is 7.12. The SMILES string of the molecule is CCNC(=NCCNC(=O)c1ccccc1Cl)N1CCN(c2ccccc2OC)CC1.I. The number of halogens is 2. The Morgan fingerprint density at radius 3 is 2.44 bits per heavy atom. The van der Waals surface area contributed by atoms with Gasteiger partial charge in [0.25, 0.3) is 5.91 Å². The molecule has 9 heteroatoms. The summed E-state index contributed by atoms with van der Waals surface area (Å²) in [5.41, 5.74) is 1.60. The quantitative estimate of drug-likeness (QED) is 0.231. The average Bonchev–Trinajstić information content (AvgIpc) is 2.81. The van der Waals surface area contributed by atoms with E-state index in [4.69, 9.17) is 21.3 Å². The number of benzene rings is 2. The van der Waals surface area contributed by atoms with Crippen LogP contribution in [0, 0.1) is 0 Å². The normalized spacial score (nSPS) is 13.9. The number of nitrogens with one attached hydrogen (secondary N) is 2. The lowest BCUT2D eigenvalue weighted by Crippen LogP contribution is -2.52. The first-order valence-electron chi connectivity index (χ1n) is 10.6. The third-order valence-corrected chi connectivity index (χ3v) is 5.45. The molecule has 2 aromatic rings. The van der Waals surface area contributed by atoms with Gasteiger partial charge < -0.3 is 25.2 Å². The average molecular weight is 572 g/mol. The Morgan fingerprint density at radius 2 is 1.75 bits per heavy atom. The number of para-hydroxylation sites is 2. The third-order valence-electron chi connectivity index (χ3n) is 5.12. The summed E-state index contributed by atoms with van der Waals surface area (Å²) in [6.45, 7) is 7.26. The highest BCUT2D eigenvalue weighted by Gasteiger charge is 2.21. The van der Waals surface area contributed by atoms with Gasteiger partial charge in [-0.05, 0) is 31.2 Å². The van der Waals surface area contributed by atoms with E-state index in [-0.39, 0.29) is 29.9 Å². The van der Waals surface area contributed by atoms with E-state index in [0.717, 1.165) is 50.1 Å². The van der Waals surface area contributed by atoms with Crippen LogP contribution in [0.15, 0.2) is 53.5 Å². The summed E-state index contributed by atoms with van der Waals surface area (Å²) >= 11 is 6.08. The summed E-state index contributed by atoms with van der Waals surface area (Å²) in [6, 6.07) is 15.1. The number of amides is 1. The van der Waals surface area contributed by atoms with Crippen molar-refractivity contribution in [2.75, 3.05) is 57.8 Å². The van der Waals surface area contributed by atoms with Gasteiger partial charge in [-0.15, -0.1) is 24.0 Å². The fourth-order valence-electron chi connectivity index (χ4n) is 3.55. The molecular weight excluding hydrogens is 541 g/mol. The molecule has 2 N–H and O–H groups in total. The molecule has 0 saturated carbocycles. The summed E-state index contributed by atoms with van der Waals surface area (Å²) in [4.78, 5) is 21.6. The molecular formula is C23H31ClIN5O2. The van der Waals surface area contributed by atoms with Crippen LogP contribution < -0.4 is 20.3 Å².